The fourth-order valence-electron chi connectivity index (χ4n) is 2.65. The molecule has 0 spiro atoms. The highest BCUT2D eigenvalue weighted by molar-refractivity contribution is 5.26. The molecule has 3 heteroatoms. The molecule has 1 unspecified atom stereocenters. The van der Waals surface area contributed by atoms with E-state index in [4.69, 9.17) is 0 Å². The molecule has 1 heterocycles. The molecule has 2 N–H and O–H groups in total. The smallest absolute Gasteiger partial charge is 0.115 e. The van der Waals surface area contributed by atoms with Gasteiger partial charge in [-0.25, -0.2) is 0 Å². The van der Waals surface area contributed by atoms with Crippen LogP contribution in [-0.4, -0.2) is 35.7 Å². The summed E-state index contributed by atoms with van der Waals surface area (Å²) in [5.41, 5.74) is 1.14. The first kappa shape index (κ1) is 12.4. The molecule has 0 radical (unpaired) electrons. The van der Waals surface area contributed by atoms with Crippen LogP contribution in [0.3, 0.4) is 0 Å². The number of phenols is 1. The lowest BCUT2D eigenvalue weighted by atomic mass is 10.1. The molecule has 17 heavy (non-hydrogen) atoms. The molecule has 0 bridgehead atoms. The Balaban J connectivity index is 1.85. The van der Waals surface area contributed by atoms with Gasteiger partial charge in [-0.05, 0) is 51.1 Å². The molecule has 3 nitrogen and oxygen atoms in total. The van der Waals surface area contributed by atoms with Crippen molar-refractivity contribution < 1.29 is 5.11 Å². The zero-order valence-electron chi connectivity index (χ0n) is 10.7. The molecule has 0 amide bonds. The summed E-state index contributed by atoms with van der Waals surface area (Å²) >= 11 is 0. The highest BCUT2D eigenvalue weighted by Gasteiger charge is 2.25. The second-order valence-electron chi connectivity index (χ2n) is 5.03. The van der Waals surface area contributed by atoms with Gasteiger partial charge in [-0.15, -0.1) is 0 Å². The predicted molar refractivity (Wildman–Crippen MR) is 70.1 cm³/mol. The van der Waals surface area contributed by atoms with Crippen molar-refractivity contribution in [2.75, 3.05) is 13.6 Å². The molecule has 2 atom stereocenters. The van der Waals surface area contributed by atoms with Crippen LogP contribution < -0.4 is 5.32 Å². The summed E-state index contributed by atoms with van der Waals surface area (Å²) in [6, 6.07) is 8.59. The van der Waals surface area contributed by atoms with Gasteiger partial charge in [-0.2, -0.15) is 0 Å². The summed E-state index contributed by atoms with van der Waals surface area (Å²) in [7, 11) is 2.20. The minimum absolute atomic E-state index is 0.343. The van der Waals surface area contributed by atoms with Crippen LogP contribution in [-0.2, 0) is 6.54 Å². The SMILES string of the molecule is CC(NCc1cccc(O)c1)[C@@H]1CCCN1C. The Kier molecular flexibility index (Phi) is 4.02. The van der Waals surface area contributed by atoms with Crippen molar-refractivity contribution >= 4 is 0 Å². The Morgan fingerprint density at radius 1 is 1.53 bits per heavy atom. The molecule has 94 valence electrons. The molecule has 1 aromatic carbocycles. The molecule has 0 aliphatic carbocycles. The lowest BCUT2D eigenvalue weighted by molar-refractivity contribution is 0.253. The van der Waals surface area contributed by atoms with Gasteiger partial charge in [0.05, 0.1) is 0 Å². The summed E-state index contributed by atoms with van der Waals surface area (Å²) in [5, 5.41) is 12.9. The monoisotopic (exact) mass is 234 g/mol. The standard InChI is InChI=1S/C14H22N2O/c1-11(14-7-4-8-16(14)2)15-10-12-5-3-6-13(17)9-12/h3,5-6,9,11,14-15,17H,4,7-8,10H2,1-2H3/t11?,14-/m0/s1. The van der Waals surface area contributed by atoms with E-state index in [1.807, 2.05) is 18.2 Å². The number of nitrogens with zero attached hydrogens (tertiary/aromatic N) is 1. The number of hydrogen-bond donors (Lipinski definition) is 2. The van der Waals surface area contributed by atoms with E-state index in [1.165, 1.54) is 19.4 Å². The highest BCUT2D eigenvalue weighted by Crippen LogP contribution is 2.18. The molecule has 0 aromatic heterocycles. The van der Waals surface area contributed by atoms with Crippen molar-refractivity contribution in [1.29, 1.82) is 0 Å². The zero-order chi connectivity index (χ0) is 12.3. The van der Waals surface area contributed by atoms with Gasteiger partial charge in [0.15, 0.2) is 0 Å². The van der Waals surface area contributed by atoms with E-state index in [0.717, 1.165) is 12.1 Å². The van der Waals surface area contributed by atoms with Gasteiger partial charge in [0.1, 0.15) is 5.75 Å². The van der Waals surface area contributed by atoms with E-state index in [9.17, 15) is 5.11 Å². The Morgan fingerprint density at radius 3 is 3.00 bits per heavy atom. The van der Waals surface area contributed by atoms with E-state index >= 15 is 0 Å². The molecule has 1 aromatic rings. The summed E-state index contributed by atoms with van der Waals surface area (Å²) in [5.74, 6) is 0.343. The number of phenolic OH excluding ortho intramolecular Hbond substituents is 1. The van der Waals surface area contributed by atoms with Gasteiger partial charge in [-0.3, -0.25) is 0 Å². The van der Waals surface area contributed by atoms with Crippen LogP contribution in [0.1, 0.15) is 25.3 Å². The number of nitrogens with one attached hydrogen (secondary N) is 1. The minimum Gasteiger partial charge on any atom is -0.508 e. The lowest BCUT2D eigenvalue weighted by Crippen LogP contribution is -2.43. The Morgan fingerprint density at radius 2 is 2.35 bits per heavy atom. The van der Waals surface area contributed by atoms with Crippen LogP contribution in [0.5, 0.6) is 5.75 Å². The molecule has 2 rings (SSSR count). The summed E-state index contributed by atoms with van der Waals surface area (Å²) in [6.45, 7) is 4.28. The number of rotatable bonds is 4. The van der Waals surface area contributed by atoms with Crippen molar-refractivity contribution in [1.82, 2.24) is 10.2 Å². The number of likely N-dealkylation sites (N-methyl/N-ethyl adjacent to an activating group) is 1. The topological polar surface area (TPSA) is 35.5 Å². The number of benzene rings is 1. The maximum atomic E-state index is 9.40. The van der Waals surface area contributed by atoms with E-state index < -0.39 is 0 Å². The second-order valence-corrected chi connectivity index (χ2v) is 5.03. The number of likely N-dealkylation sites (tertiary alicyclic amines) is 1. The van der Waals surface area contributed by atoms with Gasteiger partial charge in [0.2, 0.25) is 0 Å². The minimum atomic E-state index is 0.343. The van der Waals surface area contributed by atoms with Gasteiger partial charge in [0, 0.05) is 18.6 Å². The van der Waals surface area contributed by atoms with Crippen LogP contribution in [0, 0.1) is 0 Å². The average Bonchev–Trinajstić information content (AvgIpc) is 2.72. The van der Waals surface area contributed by atoms with E-state index in [2.05, 4.69) is 24.2 Å². The molecular formula is C14H22N2O. The Labute approximate surface area is 103 Å². The first-order chi connectivity index (χ1) is 8.16. The summed E-state index contributed by atoms with van der Waals surface area (Å²) < 4.78 is 0. The third-order valence-corrected chi connectivity index (χ3v) is 3.69. The van der Waals surface area contributed by atoms with Crippen molar-refractivity contribution in [2.45, 2.75) is 38.4 Å². The maximum absolute atomic E-state index is 9.40. The molecule has 1 aliphatic rings. The molecule has 1 saturated heterocycles. The number of aromatic hydroxyl groups is 1. The average molecular weight is 234 g/mol. The van der Waals surface area contributed by atoms with Crippen LogP contribution in [0.15, 0.2) is 24.3 Å². The highest BCUT2D eigenvalue weighted by atomic mass is 16.3. The maximum Gasteiger partial charge on any atom is 0.115 e. The van der Waals surface area contributed by atoms with E-state index in [-0.39, 0.29) is 0 Å². The van der Waals surface area contributed by atoms with Crippen LogP contribution in [0.4, 0.5) is 0 Å². The quantitative estimate of drug-likeness (QED) is 0.836. The van der Waals surface area contributed by atoms with Crippen molar-refractivity contribution in [3.05, 3.63) is 29.8 Å². The third kappa shape index (κ3) is 3.20. The van der Waals surface area contributed by atoms with Crippen molar-refractivity contribution in [2.24, 2.45) is 0 Å². The van der Waals surface area contributed by atoms with Crippen LogP contribution in [0.25, 0.3) is 0 Å². The lowest BCUT2D eigenvalue weighted by Gasteiger charge is -2.27. The van der Waals surface area contributed by atoms with E-state index in [1.54, 1.807) is 6.07 Å². The van der Waals surface area contributed by atoms with Crippen molar-refractivity contribution in [3.8, 4) is 5.75 Å². The van der Waals surface area contributed by atoms with Crippen LogP contribution >= 0.6 is 0 Å². The van der Waals surface area contributed by atoms with Gasteiger partial charge in [0.25, 0.3) is 0 Å². The first-order valence-electron chi connectivity index (χ1n) is 6.38. The van der Waals surface area contributed by atoms with Gasteiger partial charge < -0.3 is 15.3 Å². The normalized spacial score (nSPS) is 22.8. The zero-order valence-corrected chi connectivity index (χ0v) is 10.7. The summed E-state index contributed by atoms with van der Waals surface area (Å²) in [4.78, 5) is 2.43. The molecule has 0 saturated carbocycles. The van der Waals surface area contributed by atoms with Crippen molar-refractivity contribution in [3.63, 3.8) is 0 Å². The fourth-order valence-corrected chi connectivity index (χ4v) is 2.65. The van der Waals surface area contributed by atoms with Gasteiger partial charge in [-0.1, -0.05) is 12.1 Å². The summed E-state index contributed by atoms with van der Waals surface area (Å²) in [6.07, 6.45) is 2.59. The first-order valence-corrected chi connectivity index (χ1v) is 6.38. The van der Waals surface area contributed by atoms with Crippen LogP contribution in [0.2, 0.25) is 0 Å². The predicted octanol–water partition coefficient (Wildman–Crippen LogP) is 1.96. The molecular weight excluding hydrogens is 212 g/mol. The number of hydrogen-bond acceptors (Lipinski definition) is 3. The van der Waals surface area contributed by atoms with Gasteiger partial charge >= 0.3 is 0 Å². The van der Waals surface area contributed by atoms with E-state index in [0.29, 0.717) is 17.8 Å². The Bertz CT molecular complexity index is 367. The molecule has 1 aliphatic heterocycles. The molecule has 1 fully saturated rings. The second kappa shape index (κ2) is 5.52. The Hall–Kier alpha value is -1.06. The third-order valence-electron chi connectivity index (χ3n) is 3.69. The largest absolute Gasteiger partial charge is 0.508 e. The fraction of sp³-hybridized carbons (Fsp3) is 0.571.